The van der Waals surface area contributed by atoms with E-state index in [2.05, 4.69) is 31.2 Å². The third-order valence-corrected chi connectivity index (χ3v) is 4.92. The molecule has 1 aromatic heterocycles. The van der Waals surface area contributed by atoms with Crippen molar-refractivity contribution in [1.82, 2.24) is 15.3 Å². The summed E-state index contributed by atoms with van der Waals surface area (Å²) < 4.78 is 11.9. The number of methoxy groups -OCH3 is 1. The number of hydrogen-bond acceptors (Lipinski definition) is 5. The van der Waals surface area contributed by atoms with Crippen LogP contribution in [0.4, 0.5) is 0 Å². The SMILES string of the molecule is COc1nccnc1OC1CCC(NC(=O)c2ccccc2Br)CC1. The highest BCUT2D eigenvalue weighted by Crippen LogP contribution is 2.27. The third-order valence-electron chi connectivity index (χ3n) is 4.23. The molecular formula is C18H20BrN3O3. The minimum absolute atomic E-state index is 0.0487. The molecule has 6 nitrogen and oxygen atoms in total. The molecule has 1 aliphatic rings. The van der Waals surface area contributed by atoms with Crippen molar-refractivity contribution in [2.75, 3.05) is 7.11 Å². The van der Waals surface area contributed by atoms with E-state index in [9.17, 15) is 4.79 Å². The molecule has 1 aliphatic carbocycles. The van der Waals surface area contributed by atoms with E-state index >= 15 is 0 Å². The first-order valence-electron chi connectivity index (χ1n) is 8.24. The molecule has 0 saturated heterocycles. The average Bonchev–Trinajstić information content (AvgIpc) is 2.64. The molecule has 0 radical (unpaired) electrons. The van der Waals surface area contributed by atoms with Gasteiger partial charge in [0.1, 0.15) is 6.10 Å². The van der Waals surface area contributed by atoms with E-state index in [1.807, 2.05) is 24.3 Å². The number of halogens is 1. The normalized spacial score (nSPS) is 19.9. The first kappa shape index (κ1) is 17.7. The lowest BCUT2D eigenvalue weighted by atomic mass is 9.92. The Hall–Kier alpha value is -2.15. The fourth-order valence-corrected chi connectivity index (χ4v) is 3.39. The minimum atomic E-state index is -0.0487. The van der Waals surface area contributed by atoms with Crippen LogP contribution in [0.1, 0.15) is 36.0 Å². The topological polar surface area (TPSA) is 73.3 Å². The van der Waals surface area contributed by atoms with Crippen LogP contribution in [-0.4, -0.2) is 35.1 Å². The second-order valence-electron chi connectivity index (χ2n) is 5.92. The summed E-state index contributed by atoms with van der Waals surface area (Å²) in [5, 5.41) is 3.11. The van der Waals surface area contributed by atoms with E-state index in [4.69, 9.17) is 9.47 Å². The molecule has 3 rings (SSSR count). The number of benzene rings is 1. The van der Waals surface area contributed by atoms with Gasteiger partial charge >= 0.3 is 0 Å². The fourth-order valence-electron chi connectivity index (χ4n) is 2.92. The lowest BCUT2D eigenvalue weighted by Gasteiger charge is -2.29. The quantitative estimate of drug-likeness (QED) is 0.825. The van der Waals surface area contributed by atoms with Crippen LogP contribution in [-0.2, 0) is 0 Å². The molecule has 1 amide bonds. The van der Waals surface area contributed by atoms with E-state index in [0.29, 0.717) is 17.3 Å². The molecule has 132 valence electrons. The molecule has 0 unspecified atom stereocenters. The Balaban J connectivity index is 1.52. The zero-order valence-electron chi connectivity index (χ0n) is 13.9. The molecule has 0 spiro atoms. The average molecular weight is 406 g/mol. The van der Waals surface area contributed by atoms with Crippen molar-refractivity contribution in [3.05, 3.63) is 46.7 Å². The van der Waals surface area contributed by atoms with Crippen molar-refractivity contribution >= 4 is 21.8 Å². The summed E-state index contributed by atoms with van der Waals surface area (Å²) in [5.41, 5.74) is 0.658. The molecule has 2 aromatic rings. The van der Waals surface area contributed by atoms with E-state index in [-0.39, 0.29) is 18.1 Å². The minimum Gasteiger partial charge on any atom is -0.477 e. The largest absolute Gasteiger partial charge is 0.477 e. The summed E-state index contributed by atoms with van der Waals surface area (Å²) in [4.78, 5) is 20.6. The Bertz CT molecular complexity index is 733. The predicted molar refractivity (Wildman–Crippen MR) is 96.9 cm³/mol. The first-order chi connectivity index (χ1) is 12.2. The lowest BCUT2D eigenvalue weighted by molar-refractivity contribution is 0.0885. The van der Waals surface area contributed by atoms with Gasteiger partial charge in [0.2, 0.25) is 0 Å². The third kappa shape index (κ3) is 4.48. The number of aromatic nitrogens is 2. The smallest absolute Gasteiger partial charge is 0.278 e. The van der Waals surface area contributed by atoms with Gasteiger partial charge in [0, 0.05) is 22.9 Å². The molecule has 1 heterocycles. The van der Waals surface area contributed by atoms with E-state index in [1.165, 1.54) is 0 Å². The van der Waals surface area contributed by atoms with Crippen LogP contribution in [0.3, 0.4) is 0 Å². The van der Waals surface area contributed by atoms with Gasteiger partial charge in [-0.15, -0.1) is 0 Å². The van der Waals surface area contributed by atoms with Crippen LogP contribution in [0.25, 0.3) is 0 Å². The summed E-state index contributed by atoms with van der Waals surface area (Å²) in [6.45, 7) is 0. The van der Waals surface area contributed by atoms with Crippen molar-refractivity contribution in [2.24, 2.45) is 0 Å². The highest BCUT2D eigenvalue weighted by Gasteiger charge is 2.25. The van der Waals surface area contributed by atoms with Gasteiger partial charge in [-0.3, -0.25) is 4.79 Å². The van der Waals surface area contributed by atoms with Crippen LogP contribution in [0.2, 0.25) is 0 Å². The number of rotatable bonds is 5. The van der Waals surface area contributed by atoms with Crippen LogP contribution in [0, 0.1) is 0 Å². The van der Waals surface area contributed by atoms with Crippen molar-refractivity contribution in [3.8, 4) is 11.8 Å². The molecule has 0 atom stereocenters. The van der Waals surface area contributed by atoms with Crippen LogP contribution in [0.5, 0.6) is 11.8 Å². The van der Waals surface area contributed by atoms with Gasteiger partial charge in [-0.05, 0) is 53.7 Å². The van der Waals surface area contributed by atoms with Crippen molar-refractivity contribution in [3.63, 3.8) is 0 Å². The van der Waals surface area contributed by atoms with E-state index in [0.717, 1.165) is 30.2 Å². The summed E-state index contributed by atoms with van der Waals surface area (Å²) >= 11 is 3.42. The Kier molecular flexibility index (Phi) is 5.86. The number of amides is 1. The van der Waals surface area contributed by atoms with Gasteiger partial charge in [0.05, 0.1) is 12.7 Å². The van der Waals surface area contributed by atoms with Crippen molar-refractivity contribution in [1.29, 1.82) is 0 Å². The number of carbonyl (C=O) groups is 1. The van der Waals surface area contributed by atoms with Gasteiger partial charge in [-0.1, -0.05) is 12.1 Å². The fraction of sp³-hybridized carbons (Fsp3) is 0.389. The van der Waals surface area contributed by atoms with Crippen LogP contribution in [0.15, 0.2) is 41.1 Å². The van der Waals surface area contributed by atoms with Crippen LogP contribution >= 0.6 is 15.9 Å². The zero-order valence-corrected chi connectivity index (χ0v) is 15.5. The molecule has 25 heavy (non-hydrogen) atoms. The molecule has 0 aliphatic heterocycles. The lowest BCUT2D eigenvalue weighted by Crippen LogP contribution is -2.39. The van der Waals surface area contributed by atoms with Crippen molar-refractivity contribution < 1.29 is 14.3 Å². The standard InChI is InChI=1S/C18H20BrN3O3/c1-24-17-18(21-11-10-20-17)25-13-8-6-12(7-9-13)22-16(23)14-4-2-3-5-15(14)19/h2-5,10-13H,6-9H2,1H3,(H,22,23). The first-order valence-corrected chi connectivity index (χ1v) is 9.03. The second kappa shape index (κ2) is 8.29. The van der Waals surface area contributed by atoms with Gasteiger partial charge in [-0.2, -0.15) is 0 Å². The highest BCUT2D eigenvalue weighted by atomic mass is 79.9. The summed E-state index contributed by atoms with van der Waals surface area (Å²) in [7, 11) is 1.55. The van der Waals surface area contributed by atoms with E-state index in [1.54, 1.807) is 19.5 Å². The molecule has 1 saturated carbocycles. The van der Waals surface area contributed by atoms with Gasteiger partial charge in [0.15, 0.2) is 0 Å². The summed E-state index contributed by atoms with van der Waals surface area (Å²) in [5.74, 6) is 0.769. The van der Waals surface area contributed by atoms with E-state index < -0.39 is 0 Å². The molecule has 7 heteroatoms. The van der Waals surface area contributed by atoms with Gasteiger partial charge in [0.25, 0.3) is 17.7 Å². The molecular weight excluding hydrogens is 386 g/mol. The Morgan fingerprint density at radius 2 is 1.80 bits per heavy atom. The molecule has 1 N–H and O–H groups in total. The Morgan fingerprint density at radius 3 is 2.48 bits per heavy atom. The number of ether oxygens (including phenoxy) is 2. The van der Waals surface area contributed by atoms with Gasteiger partial charge < -0.3 is 14.8 Å². The number of hydrogen-bond donors (Lipinski definition) is 1. The number of nitrogens with one attached hydrogen (secondary N) is 1. The van der Waals surface area contributed by atoms with Crippen molar-refractivity contribution in [2.45, 2.75) is 37.8 Å². The zero-order chi connectivity index (χ0) is 17.6. The number of carbonyl (C=O) groups excluding carboxylic acids is 1. The van der Waals surface area contributed by atoms with Gasteiger partial charge in [-0.25, -0.2) is 9.97 Å². The monoisotopic (exact) mass is 405 g/mol. The Labute approximate surface area is 155 Å². The maximum Gasteiger partial charge on any atom is 0.278 e. The highest BCUT2D eigenvalue weighted by molar-refractivity contribution is 9.10. The predicted octanol–water partition coefficient (Wildman–Crippen LogP) is 3.37. The van der Waals surface area contributed by atoms with Crippen LogP contribution < -0.4 is 14.8 Å². The summed E-state index contributed by atoms with van der Waals surface area (Å²) in [6, 6.07) is 7.59. The molecule has 1 fully saturated rings. The molecule has 0 bridgehead atoms. The maximum absolute atomic E-state index is 12.4. The second-order valence-corrected chi connectivity index (χ2v) is 6.77. The maximum atomic E-state index is 12.4. The summed E-state index contributed by atoms with van der Waals surface area (Å²) in [6.07, 6.45) is 6.64. The number of nitrogens with zero attached hydrogens (tertiary/aromatic N) is 2. The molecule has 1 aromatic carbocycles. The Morgan fingerprint density at radius 1 is 1.12 bits per heavy atom.